The van der Waals surface area contributed by atoms with Crippen molar-refractivity contribution in [3.63, 3.8) is 0 Å². The van der Waals surface area contributed by atoms with E-state index in [-0.39, 0.29) is 0 Å². The maximum absolute atomic E-state index is 4.97. The Kier molecular flexibility index (Phi) is 6.69. The second kappa shape index (κ2) is 11.7. The minimum atomic E-state index is 0.666. The van der Waals surface area contributed by atoms with Gasteiger partial charge in [0.05, 0.1) is 16.6 Å². The summed E-state index contributed by atoms with van der Waals surface area (Å²) in [5.41, 5.74) is 11.9. The third-order valence-electron chi connectivity index (χ3n) is 10.2. The fourth-order valence-corrected chi connectivity index (χ4v) is 7.94. The molecule has 1 aliphatic rings. The molecule has 0 amide bonds. The maximum Gasteiger partial charge on any atom is 0.164 e. The van der Waals surface area contributed by atoms with Crippen LogP contribution in [0.25, 0.3) is 78.2 Å². The zero-order valence-corrected chi connectivity index (χ0v) is 27.5. The topological polar surface area (TPSA) is 48.5 Å². The van der Waals surface area contributed by atoms with E-state index in [1.165, 1.54) is 62.5 Å². The molecule has 0 aliphatic heterocycles. The van der Waals surface area contributed by atoms with Crippen LogP contribution in [-0.4, -0.2) is 24.1 Å². The zero-order chi connectivity index (χ0) is 33.0. The van der Waals surface area contributed by atoms with Gasteiger partial charge in [0, 0.05) is 49.9 Å². The van der Waals surface area contributed by atoms with Crippen molar-refractivity contribution in [3.05, 3.63) is 163 Å². The normalized spacial score (nSPS) is 12.9. The summed E-state index contributed by atoms with van der Waals surface area (Å²) < 4.78 is 4.94. The van der Waals surface area contributed by atoms with Gasteiger partial charge in [0.1, 0.15) is 0 Å². The van der Waals surface area contributed by atoms with E-state index in [9.17, 15) is 0 Å². The molecule has 9 aromatic rings. The number of para-hydroxylation sites is 2. The average Bonchev–Trinajstić information content (AvgIpc) is 3.72. The molecule has 50 heavy (non-hydrogen) atoms. The van der Waals surface area contributed by atoms with Gasteiger partial charge in [-0.05, 0) is 85.8 Å². The van der Waals surface area contributed by atoms with Gasteiger partial charge in [0.2, 0.25) is 0 Å². The largest absolute Gasteiger partial charge is 0.313 e. The summed E-state index contributed by atoms with van der Waals surface area (Å²) in [6.07, 6.45) is 4.58. The monoisotopic (exact) mass is 643 g/mol. The van der Waals surface area contributed by atoms with Crippen LogP contribution in [0, 0.1) is 0 Å². The highest BCUT2D eigenvalue weighted by molar-refractivity contribution is 6.22. The van der Waals surface area contributed by atoms with E-state index in [1.54, 1.807) is 0 Å². The Morgan fingerprint density at radius 1 is 0.380 bits per heavy atom. The summed E-state index contributed by atoms with van der Waals surface area (Å²) in [7, 11) is 0. The van der Waals surface area contributed by atoms with E-state index in [1.807, 2.05) is 60.7 Å². The molecule has 238 valence electrons. The van der Waals surface area contributed by atoms with Gasteiger partial charge >= 0.3 is 0 Å². The van der Waals surface area contributed by atoms with Crippen molar-refractivity contribution in [2.24, 2.45) is 0 Å². The summed E-state index contributed by atoms with van der Waals surface area (Å²) in [4.78, 5) is 14.8. The standard InChI is InChI=1S/C45H33N5/c1-4-14-30(15-5-1)43-46-44(31-16-6-2-7-17-31)48-45(47-43)32-24-26-34(27-25-32)50-38-23-13-11-21-36(38)42-40(50)29-28-39-41(42)35-20-10-12-22-37(35)49(39)33-18-8-3-9-19-33/h1-10,12,14-20,22,24-29H,11,13,21,23H2. The van der Waals surface area contributed by atoms with Crippen LogP contribution in [0.2, 0.25) is 0 Å². The highest BCUT2D eigenvalue weighted by atomic mass is 15.0. The molecule has 1 aliphatic carbocycles. The number of fused-ring (bicyclic) bond motifs is 7. The lowest BCUT2D eigenvalue weighted by Gasteiger charge is -2.16. The first-order valence-corrected chi connectivity index (χ1v) is 17.4. The van der Waals surface area contributed by atoms with E-state index < -0.39 is 0 Å². The Hall–Kier alpha value is -6.33. The van der Waals surface area contributed by atoms with Crippen LogP contribution in [0.4, 0.5) is 0 Å². The first-order valence-electron chi connectivity index (χ1n) is 17.4. The van der Waals surface area contributed by atoms with Crippen molar-refractivity contribution < 1.29 is 0 Å². The minimum absolute atomic E-state index is 0.666. The molecule has 0 fully saturated rings. The van der Waals surface area contributed by atoms with Gasteiger partial charge < -0.3 is 9.13 Å². The average molecular weight is 644 g/mol. The number of rotatable bonds is 5. The van der Waals surface area contributed by atoms with E-state index in [0.29, 0.717) is 17.5 Å². The summed E-state index contributed by atoms with van der Waals surface area (Å²) in [6, 6.07) is 53.3. The molecule has 6 aromatic carbocycles. The molecule has 0 radical (unpaired) electrons. The van der Waals surface area contributed by atoms with E-state index in [2.05, 4.69) is 100 Å². The maximum atomic E-state index is 4.97. The first kappa shape index (κ1) is 28.7. The predicted octanol–water partition coefficient (Wildman–Crippen LogP) is 10.8. The van der Waals surface area contributed by atoms with Crippen LogP contribution in [0.3, 0.4) is 0 Å². The third-order valence-corrected chi connectivity index (χ3v) is 10.2. The fraction of sp³-hybridized carbons (Fsp3) is 0.0889. The Morgan fingerprint density at radius 2 is 0.880 bits per heavy atom. The van der Waals surface area contributed by atoms with E-state index in [4.69, 9.17) is 15.0 Å². The van der Waals surface area contributed by atoms with Crippen LogP contribution in [0.15, 0.2) is 152 Å². The molecule has 10 rings (SSSR count). The molecule has 3 heterocycles. The second-order valence-electron chi connectivity index (χ2n) is 13.1. The van der Waals surface area contributed by atoms with E-state index in [0.717, 1.165) is 35.2 Å². The van der Waals surface area contributed by atoms with Crippen LogP contribution in [0.5, 0.6) is 0 Å². The van der Waals surface area contributed by atoms with Crippen LogP contribution >= 0.6 is 0 Å². The van der Waals surface area contributed by atoms with Gasteiger partial charge in [-0.2, -0.15) is 0 Å². The Morgan fingerprint density at radius 3 is 1.52 bits per heavy atom. The molecular formula is C45H33N5. The molecular weight excluding hydrogens is 611 g/mol. The number of aromatic nitrogens is 5. The number of aryl methyl sites for hydroxylation is 1. The van der Waals surface area contributed by atoms with Gasteiger partial charge in [0.15, 0.2) is 17.5 Å². The lowest BCUT2D eigenvalue weighted by molar-refractivity contribution is 0.667. The Bertz CT molecular complexity index is 2610. The molecule has 0 saturated carbocycles. The highest BCUT2D eigenvalue weighted by Gasteiger charge is 2.25. The van der Waals surface area contributed by atoms with Crippen molar-refractivity contribution in [3.8, 4) is 45.5 Å². The SMILES string of the molecule is c1ccc(-c2nc(-c3ccccc3)nc(-c3ccc(-n4c5c(c6c7c8ccccc8n(-c8ccccc8)c7ccc64)CCCC5)cc3)n2)cc1. The summed E-state index contributed by atoms with van der Waals surface area (Å²) in [5.74, 6) is 2.00. The molecule has 0 spiro atoms. The Balaban J connectivity index is 1.15. The summed E-state index contributed by atoms with van der Waals surface area (Å²) in [5, 5.41) is 4.04. The molecule has 5 heteroatoms. The molecule has 0 unspecified atom stereocenters. The quantitative estimate of drug-likeness (QED) is 0.187. The summed E-state index contributed by atoms with van der Waals surface area (Å²) >= 11 is 0. The molecule has 5 nitrogen and oxygen atoms in total. The second-order valence-corrected chi connectivity index (χ2v) is 13.1. The van der Waals surface area contributed by atoms with Gasteiger partial charge in [-0.15, -0.1) is 0 Å². The van der Waals surface area contributed by atoms with E-state index >= 15 is 0 Å². The van der Waals surface area contributed by atoms with Crippen molar-refractivity contribution in [2.75, 3.05) is 0 Å². The van der Waals surface area contributed by atoms with Crippen molar-refractivity contribution in [2.45, 2.75) is 25.7 Å². The van der Waals surface area contributed by atoms with Crippen LogP contribution in [0.1, 0.15) is 24.1 Å². The number of hydrogen-bond acceptors (Lipinski definition) is 3. The van der Waals surface area contributed by atoms with Crippen molar-refractivity contribution in [1.82, 2.24) is 24.1 Å². The zero-order valence-electron chi connectivity index (χ0n) is 27.5. The minimum Gasteiger partial charge on any atom is -0.313 e. The summed E-state index contributed by atoms with van der Waals surface area (Å²) in [6.45, 7) is 0. The van der Waals surface area contributed by atoms with Gasteiger partial charge in [-0.1, -0.05) is 97.1 Å². The van der Waals surface area contributed by atoms with Crippen LogP contribution in [-0.2, 0) is 12.8 Å². The molecule has 0 saturated heterocycles. The van der Waals surface area contributed by atoms with Crippen molar-refractivity contribution in [1.29, 1.82) is 0 Å². The predicted molar refractivity (Wildman–Crippen MR) is 204 cm³/mol. The van der Waals surface area contributed by atoms with Gasteiger partial charge in [-0.3, -0.25) is 0 Å². The molecule has 0 bridgehead atoms. The smallest absolute Gasteiger partial charge is 0.164 e. The van der Waals surface area contributed by atoms with Gasteiger partial charge in [-0.25, -0.2) is 15.0 Å². The number of hydrogen-bond donors (Lipinski definition) is 0. The van der Waals surface area contributed by atoms with Crippen LogP contribution < -0.4 is 0 Å². The number of nitrogens with zero attached hydrogens (tertiary/aromatic N) is 5. The third kappa shape index (κ3) is 4.58. The number of benzene rings is 6. The molecule has 0 atom stereocenters. The van der Waals surface area contributed by atoms with Crippen molar-refractivity contribution >= 4 is 32.7 Å². The Labute approximate surface area is 290 Å². The molecule has 0 N–H and O–H groups in total. The highest BCUT2D eigenvalue weighted by Crippen LogP contribution is 2.43. The van der Waals surface area contributed by atoms with Gasteiger partial charge in [0.25, 0.3) is 0 Å². The molecule has 3 aromatic heterocycles. The lowest BCUT2D eigenvalue weighted by atomic mass is 9.94. The first-order chi connectivity index (χ1) is 24.8. The fourth-order valence-electron chi connectivity index (χ4n) is 7.94. The lowest BCUT2D eigenvalue weighted by Crippen LogP contribution is -2.07.